The third kappa shape index (κ3) is 1.70. The molecule has 1 heterocycles. The van der Waals surface area contributed by atoms with E-state index in [0.717, 1.165) is 0 Å². The Kier molecular flexibility index (Phi) is 2.94. The lowest BCUT2D eigenvalue weighted by Crippen LogP contribution is -2.14. The molecular weight excluding hydrogens is 228 g/mol. The standard InChI is InChI=1S/C11H11ClN2O2/c1-2-7-11(16)14-10-8(13-7)4-3-6(5-15)9(10)12/h3-4,15H,2,5H2,1H3,(H,14,16). The Morgan fingerprint density at radius 1 is 1.50 bits per heavy atom. The van der Waals surface area contributed by atoms with Crippen molar-refractivity contribution in [2.75, 3.05) is 0 Å². The number of hydrogen-bond donors (Lipinski definition) is 2. The highest BCUT2D eigenvalue weighted by Crippen LogP contribution is 2.23. The molecular formula is C11H11ClN2O2. The summed E-state index contributed by atoms with van der Waals surface area (Å²) < 4.78 is 0. The van der Waals surface area contributed by atoms with E-state index in [-0.39, 0.29) is 12.2 Å². The van der Waals surface area contributed by atoms with Crippen LogP contribution in [0.2, 0.25) is 5.02 Å². The quantitative estimate of drug-likeness (QED) is 0.836. The fraction of sp³-hybridized carbons (Fsp3) is 0.273. The van der Waals surface area contributed by atoms with Crippen LogP contribution in [0.5, 0.6) is 0 Å². The van der Waals surface area contributed by atoms with Crippen molar-refractivity contribution in [2.45, 2.75) is 20.0 Å². The van der Waals surface area contributed by atoms with E-state index in [0.29, 0.717) is 33.7 Å². The molecule has 16 heavy (non-hydrogen) atoms. The van der Waals surface area contributed by atoms with Crippen molar-refractivity contribution >= 4 is 22.6 Å². The molecule has 0 saturated heterocycles. The maximum Gasteiger partial charge on any atom is 0.270 e. The number of aromatic nitrogens is 2. The average molecular weight is 239 g/mol. The molecule has 0 spiro atoms. The van der Waals surface area contributed by atoms with Crippen LogP contribution in [0, 0.1) is 0 Å². The molecule has 0 bridgehead atoms. The predicted molar refractivity (Wildman–Crippen MR) is 62.7 cm³/mol. The first-order valence-corrected chi connectivity index (χ1v) is 5.36. The molecule has 2 N–H and O–H groups in total. The number of H-pyrrole nitrogens is 1. The van der Waals surface area contributed by atoms with Crippen LogP contribution in [0.3, 0.4) is 0 Å². The Morgan fingerprint density at radius 3 is 2.88 bits per heavy atom. The molecule has 0 saturated carbocycles. The Labute approximate surface area is 96.9 Å². The van der Waals surface area contributed by atoms with Crippen LogP contribution in [-0.2, 0) is 13.0 Å². The summed E-state index contributed by atoms with van der Waals surface area (Å²) in [5.74, 6) is 0. The maximum absolute atomic E-state index is 11.6. The molecule has 0 aliphatic rings. The summed E-state index contributed by atoms with van der Waals surface area (Å²) in [5.41, 5.74) is 1.96. The van der Waals surface area contributed by atoms with E-state index in [1.165, 1.54) is 0 Å². The fourth-order valence-corrected chi connectivity index (χ4v) is 1.83. The highest BCUT2D eigenvalue weighted by atomic mass is 35.5. The van der Waals surface area contributed by atoms with Gasteiger partial charge >= 0.3 is 0 Å². The number of aryl methyl sites for hydroxylation is 1. The molecule has 0 atom stereocenters. The van der Waals surface area contributed by atoms with Gasteiger partial charge in [0, 0.05) is 0 Å². The largest absolute Gasteiger partial charge is 0.392 e. The zero-order valence-corrected chi connectivity index (χ0v) is 9.51. The van der Waals surface area contributed by atoms with Gasteiger partial charge in [0.1, 0.15) is 5.69 Å². The summed E-state index contributed by atoms with van der Waals surface area (Å²) in [6, 6.07) is 3.44. The monoisotopic (exact) mass is 238 g/mol. The highest BCUT2D eigenvalue weighted by molar-refractivity contribution is 6.35. The predicted octanol–water partition coefficient (Wildman–Crippen LogP) is 1.63. The van der Waals surface area contributed by atoms with E-state index in [2.05, 4.69) is 9.97 Å². The van der Waals surface area contributed by atoms with Gasteiger partial charge in [-0.05, 0) is 18.1 Å². The van der Waals surface area contributed by atoms with Crippen LogP contribution < -0.4 is 5.56 Å². The van der Waals surface area contributed by atoms with Gasteiger partial charge in [-0.3, -0.25) is 4.79 Å². The van der Waals surface area contributed by atoms with Crippen LogP contribution in [-0.4, -0.2) is 15.1 Å². The van der Waals surface area contributed by atoms with Gasteiger partial charge in [0.15, 0.2) is 0 Å². The first kappa shape index (κ1) is 11.1. The van der Waals surface area contributed by atoms with Gasteiger partial charge in [-0.25, -0.2) is 4.98 Å². The van der Waals surface area contributed by atoms with Crippen LogP contribution in [0.4, 0.5) is 0 Å². The Hall–Kier alpha value is -1.39. The van der Waals surface area contributed by atoms with E-state index in [1.54, 1.807) is 12.1 Å². The molecule has 1 aromatic carbocycles. The number of hydrogen-bond acceptors (Lipinski definition) is 3. The van der Waals surface area contributed by atoms with Crippen molar-refractivity contribution in [3.63, 3.8) is 0 Å². The van der Waals surface area contributed by atoms with Gasteiger partial charge in [-0.1, -0.05) is 24.6 Å². The molecule has 1 aromatic heterocycles. The minimum atomic E-state index is -0.230. The van der Waals surface area contributed by atoms with Crippen LogP contribution >= 0.6 is 11.6 Å². The van der Waals surface area contributed by atoms with Crippen molar-refractivity contribution in [3.8, 4) is 0 Å². The second kappa shape index (κ2) is 4.23. The molecule has 0 amide bonds. The summed E-state index contributed by atoms with van der Waals surface area (Å²) in [6.07, 6.45) is 0.574. The summed E-state index contributed by atoms with van der Waals surface area (Å²) >= 11 is 6.04. The molecule has 0 aliphatic heterocycles. The number of benzene rings is 1. The van der Waals surface area contributed by atoms with E-state index in [1.807, 2.05) is 6.92 Å². The van der Waals surface area contributed by atoms with Crippen LogP contribution in [0.1, 0.15) is 18.2 Å². The number of aliphatic hydroxyl groups is 1. The minimum absolute atomic E-state index is 0.160. The molecule has 84 valence electrons. The van der Waals surface area contributed by atoms with Crippen molar-refractivity contribution < 1.29 is 5.11 Å². The van der Waals surface area contributed by atoms with Crippen molar-refractivity contribution in [2.24, 2.45) is 0 Å². The lowest BCUT2D eigenvalue weighted by atomic mass is 10.2. The Morgan fingerprint density at radius 2 is 2.25 bits per heavy atom. The average Bonchev–Trinajstić information content (AvgIpc) is 2.30. The second-order valence-electron chi connectivity index (χ2n) is 3.46. The number of fused-ring (bicyclic) bond motifs is 1. The summed E-state index contributed by atoms with van der Waals surface area (Å²) in [5, 5.41) is 9.41. The molecule has 2 rings (SSSR count). The van der Waals surface area contributed by atoms with Crippen molar-refractivity contribution in [1.29, 1.82) is 0 Å². The normalized spacial score (nSPS) is 10.9. The SMILES string of the molecule is CCc1nc2ccc(CO)c(Cl)c2[nH]c1=O. The van der Waals surface area contributed by atoms with E-state index in [9.17, 15) is 4.79 Å². The lowest BCUT2D eigenvalue weighted by Gasteiger charge is -2.05. The topological polar surface area (TPSA) is 66.0 Å². The molecule has 0 aliphatic carbocycles. The molecule has 2 aromatic rings. The first-order valence-electron chi connectivity index (χ1n) is 4.98. The summed E-state index contributed by atoms with van der Waals surface area (Å²) in [6.45, 7) is 1.71. The van der Waals surface area contributed by atoms with Crippen molar-refractivity contribution in [1.82, 2.24) is 9.97 Å². The number of nitrogens with zero attached hydrogens (tertiary/aromatic N) is 1. The number of aromatic amines is 1. The van der Waals surface area contributed by atoms with Gasteiger partial charge in [-0.2, -0.15) is 0 Å². The highest BCUT2D eigenvalue weighted by Gasteiger charge is 2.08. The smallest absolute Gasteiger partial charge is 0.270 e. The van der Waals surface area contributed by atoms with Gasteiger partial charge in [0.25, 0.3) is 5.56 Å². The second-order valence-corrected chi connectivity index (χ2v) is 3.84. The summed E-state index contributed by atoms with van der Waals surface area (Å²) in [4.78, 5) is 18.5. The lowest BCUT2D eigenvalue weighted by molar-refractivity contribution is 0.282. The van der Waals surface area contributed by atoms with E-state index < -0.39 is 0 Å². The third-order valence-electron chi connectivity index (χ3n) is 2.46. The third-order valence-corrected chi connectivity index (χ3v) is 2.89. The number of nitrogens with one attached hydrogen (secondary N) is 1. The molecule has 4 nitrogen and oxygen atoms in total. The first-order chi connectivity index (χ1) is 7.67. The Bertz CT molecular complexity index is 592. The number of halogens is 1. The van der Waals surface area contributed by atoms with Crippen LogP contribution in [0.25, 0.3) is 11.0 Å². The molecule has 0 fully saturated rings. The summed E-state index contributed by atoms with van der Waals surface area (Å²) in [7, 11) is 0. The van der Waals surface area contributed by atoms with Gasteiger partial charge < -0.3 is 10.1 Å². The zero-order valence-electron chi connectivity index (χ0n) is 8.75. The number of rotatable bonds is 2. The van der Waals surface area contributed by atoms with Gasteiger partial charge in [-0.15, -0.1) is 0 Å². The number of aliphatic hydroxyl groups excluding tert-OH is 1. The van der Waals surface area contributed by atoms with E-state index >= 15 is 0 Å². The fourth-order valence-electron chi connectivity index (χ4n) is 1.56. The molecule has 0 unspecified atom stereocenters. The van der Waals surface area contributed by atoms with E-state index in [4.69, 9.17) is 16.7 Å². The van der Waals surface area contributed by atoms with Crippen molar-refractivity contribution in [3.05, 3.63) is 38.8 Å². The Balaban J connectivity index is 2.81. The van der Waals surface area contributed by atoms with Gasteiger partial charge in [0.2, 0.25) is 0 Å². The van der Waals surface area contributed by atoms with Gasteiger partial charge in [0.05, 0.1) is 22.7 Å². The molecule has 5 heteroatoms. The molecule has 0 radical (unpaired) electrons. The van der Waals surface area contributed by atoms with Crippen LogP contribution in [0.15, 0.2) is 16.9 Å². The zero-order chi connectivity index (χ0) is 11.7. The minimum Gasteiger partial charge on any atom is -0.392 e. The maximum atomic E-state index is 11.6.